The van der Waals surface area contributed by atoms with Gasteiger partial charge in [-0.15, -0.1) is 0 Å². The Kier molecular flexibility index (Phi) is 8.54. The maximum Gasteiger partial charge on any atom is 0.346 e. The molecule has 0 bridgehead atoms. The van der Waals surface area contributed by atoms with Gasteiger partial charge in [0.25, 0.3) is 0 Å². The smallest absolute Gasteiger partial charge is 0.346 e. The van der Waals surface area contributed by atoms with E-state index < -0.39 is 17.6 Å². The topological polar surface area (TPSA) is 26.3 Å². The van der Waals surface area contributed by atoms with Crippen molar-refractivity contribution in [2.45, 2.75) is 71.1 Å². The number of carbonyl (C=O) groups excluding carboxylic acids is 1. The average molecular weight is 479 g/mol. The Labute approximate surface area is 208 Å². The van der Waals surface area contributed by atoms with Crippen molar-refractivity contribution in [2.24, 2.45) is 17.8 Å². The van der Waals surface area contributed by atoms with Gasteiger partial charge in [0, 0.05) is 0 Å². The summed E-state index contributed by atoms with van der Waals surface area (Å²) in [5.74, 6) is -0.641. The maximum atomic E-state index is 15.1. The number of fused-ring (bicyclic) bond motifs is 1. The number of benzene rings is 2. The summed E-state index contributed by atoms with van der Waals surface area (Å²) in [6.07, 6.45) is 16.7. The Bertz CT molecular complexity index is 1070. The summed E-state index contributed by atoms with van der Waals surface area (Å²) in [6.45, 7) is 4.06. The van der Waals surface area contributed by atoms with Crippen LogP contribution in [-0.4, -0.2) is 5.97 Å². The number of esters is 1. The summed E-state index contributed by atoms with van der Waals surface area (Å²) >= 11 is 0. The van der Waals surface area contributed by atoms with Crippen LogP contribution in [0.15, 0.2) is 60.7 Å². The second-order valence-corrected chi connectivity index (χ2v) is 10.1. The van der Waals surface area contributed by atoms with Crippen molar-refractivity contribution in [2.75, 3.05) is 0 Å². The minimum atomic E-state index is -1.10. The summed E-state index contributed by atoms with van der Waals surface area (Å²) in [7, 11) is 0. The van der Waals surface area contributed by atoms with E-state index in [0.717, 1.165) is 44.1 Å². The Morgan fingerprint density at radius 2 is 1.66 bits per heavy atom. The van der Waals surface area contributed by atoms with Crippen LogP contribution >= 0.6 is 0 Å². The van der Waals surface area contributed by atoms with E-state index in [2.05, 4.69) is 25.2 Å². The first kappa shape index (κ1) is 25.3. The molecular weight excluding hydrogens is 442 g/mol. The van der Waals surface area contributed by atoms with Gasteiger partial charge in [0.05, 0.1) is 5.56 Å². The highest BCUT2D eigenvalue weighted by molar-refractivity contribution is 5.91. The summed E-state index contributed by atoms with van der Waals surface area (Å²) in [5, 5.41) is 0. The van der Waals surface area contributed by atoms with Crippen molar-refractivity contribution in [3.63, 3.8) is 0 Å². The fourth-order valence-corrected chi connectivity index (χ4v) is 6.00. The maximum absolute atomic E-state index is 15.1. The van der Waals surface area contributed by atoms with E-state index in [-0.39, 0.29) is 11.5 Å². The third-order valence-electron chi connectivity index (χ3n) is 7.86. The third-order valence-corrected chi connectivity index (χ3v) is 7.86. The molecule has 2 aromatic carbocycles. The molecule has 0 spiro atoms. The molecule has 0 saturated heterocycles. The summed E-state index contributed by atoms with van der Waals surface area (Å²) in [6, 6.07) is 10.1. The predicted molar refractivity (Wildman–Crippen MR) is 137 cm³/mol. The molecule has 2 aliphatic rings. The molecule has 0 aromatic heterocycles. The van der Waals surface area contributed by atoms with E-state index in [1.54, 1.807) is 18.2 Å². The number of halogens is 2. The van der Waals surface area contributed by atoms with Gasteiger partial charge < -0.3 is 4.74 Å². The van der Waals surface area contributed by atoms with E-state index in [9.17, 15) is 9.18 Å². The summed E-state index contributed by atoms with van der Waals surface area (Å²) in [4.78, 5) is 12.6. The number of hydrogen-bond donors (Lipinski definition) is 0. The molecule has 2 aromatic rings. The van der Waals surface area contributed by atoms with Crippen molar-refractivity contribution in [1.29, 1.82) is 0 Å². The van der Waals surface area contributed by atoms with Crippen molar-refractivity contribution in [3.05, 3.63) is 89.0 Å². The zero-order valence-corrected chi connectivity index (χ0v) is 20.8. The molecule has 2 aliphatic carbocycles. The Balaban J connectivity index is 1.40. The first-order valence-electron chi connectivity index (χ1n) is 13.0. The second kappa shape index (κ2) is 11.8. The number of rotatable bonds is 7. The van der Waals surface area contributed by atoms with Crippen molar-refractivity contribution in [3.8, 4) is 5.75 Å². The molecule has 4 unspecified atom stereocenters. The van der Waals surface area contributed by atoms with Crippen LogP contribution in [0.25, 0.3) is 0 Å². The third kappa shape index (κ3) is 6.09. The molecule has 2 fully saturated rings. The lowest BCUT2D eigenvalue weighted by Gasteiger charge is -2.42. The normalized spacial score (nSPS) is 24.6. The molecular formula is C31H36F2O2. The number of hydrogen-bond acceptors (Lipinski definition) is 2. The van der Waals surface area contributed by atoms with E-state index in [4.69, 9.17) is 4.74 Å². The highest BCUT2D eigenvalue weighted by atomic mass is 19.2. The molecule has 35 heavy (non-hydrogen) atoms. The molecule has 186 valence electrons. The fraction of sp³-hybridized carbons (Fsp3) is 0.452. The van der Waals surface area contributed by atoms with Gasteiger partial charge in [-0.2, -0.15) is 0 Å². The molecule has 4 atom stereocenters. The number of ether oxygens (including phenoxy) is 1. The minimum Gasteiger partial charge on any atom is -0.423 e. The number of carbonyl (C=O) groups is 1. The molecule has 0 N–H and O–H groups in total. The molecule has 4 rings (SSSR count). The lowest BCUT2D eigenvalue weighted by atomic mass is 9.64. The van der Waals surface area contributed by atoms with Gasteiger partial charge in [-0.1, -0.05) is 42.5 Å². The summed E-state index contributed by atoms with van der Waals surface area (Å²) in [5.41, 5.74) is 1.16. The largest absolute Gasteiger partial charge is 0.423 e. The van der Waals surface area contributed by atoms with Crippen LogP contribution in [0.3, 0.4) is 0 Å². The van der Waals surface area contributed by atoms with E-state index in [0.29, 0.717) is 29.1 Å². The standard InChI is InChI=1S/C31H36F2O2/c1-3-5-6-8-21-10-15-26(16-11-21)35-31(34)28-18-17-27(29(32)30(28)33)25-14-13-23-19-22(7-4-2)9-12-24(23)20-25/h3-5,7,10-11,15-18,22-25H,6,8-9,12-14,19-20H2,1-2H3/b5-3+,7-4+. The Morgan fingerprint density at radius 3 is 2.40 bits per heavy atom. The Hall–Kier alpha value is -2.75. The van der Waals surface area contributed by atoms with Gasteiger partial charge in [-0.05, 0) is 118 Å². The van der Waals surface area contributed by atoms with E-state index in [1.807, 2.05) is 25.1 Å². The zero-order chi connectivity index (χ0) is 24.8. The quantitative estimate of drug-likeness (QED) is 0.226. The van der Waals surface area contributed by atoms with Crippen LogP contribution < -0.4 is 4.74 Å². The lowest BCUT2D eigenvalue weighted by Crippen LogP contribution is -2.30. The van der Waals surface area contributed by atoms with E-state index >= 15 is 4.39 Å². The Morgan fingerprint density at radius 1 is 0.914 bits per heavy atom. The van der Waals surface area contributed by atoms with Gasteiger partial charge in [0.2, 0.25) is 0 Å². The van der Waals surface area contributed by atoms with Crippen LogP contribution in [0.2, 0.25) is 0 Å². The van der Waals surface area contributed by atoms with Gasteiger partial charge in [0.15, 0.2) is 11.6 Å². The highest BCUT2D eigenvalue weighted by Gasteiger charge is 2.36. The molecule has 0 aliphatic heterocycles. The molecule has 0 heterocycles. The van der Waals surface area contributed by atoms with Crippen LogP contribution in [-0.2, 0) is 6.42 Å². The van der Waals surface area contributed by atoms with Crippen molar-refractivity contribution < 1.29 is 18.3 Å². The monoisotopic (exact) mass is 478 g/mol. The molecule has 2 nitrogen and oxygen atoms in total. The first-order chi connectivity index (χ1) is 17.0. The first-order valence-corrected chi connectivity index (χ1v) is 13.0. The number of aryl methyl sites for hydroxylation is 1. The second-order valence-electron chi connectivity index (χ2n) is 10.1. The molecule has 0 radical (unpaired) electrons. The number of allylic oxidation sites excluding steroid dienone is 4. The highest BCUT2D eigenvalue weighted by Crippen LogP contribution is 2.48. The van der Waals surface area contributed by atoms with Crippen LogP contribution in [0.4, 0.5) is 8.78 Å². The van der Waals surface area contributed by atoms with Crippen LogP contribution in [0.5, 0.6) is 5.75 Å². The van der Waals surface area contributed by atoms with E-state index in [1.165, 1.54) is 18.9 Å². The van der Waals surface area contributed by atoms with Crippen LogP contribution in [0.1, 0.15) is 86.2 Å². The van der Waals surface area contributed by atoms with Crippen molar-refractivity contribution >= 4 is 5.97 Å². The van der Waals surface area contributed by atoms with Gasteiger partial charge >= 0.3 is 5.97 Å². The van der Waals surface area contributed by atoms with Crippen molar-refractivity contribution in [1.82, 2.24) is 0 Å². The predicted octanol–water partition coefficient (Wildman–Crippen LogP) is 8.57. The molecule has 0 amide bonds. The fourth-order valence-electron chi connectivity index (χ4n) is 6.00. The van der Waals surface area contributed by atoms with Gasteiger partial charge in [-0.3, -0.25) is 0 Å². The van der Waals surface area contributed by atoms with Gasteiger partial charge in [-0.25, -0.2) is 13.6 Å². The van der Waals surface area contributed by atoms with Crippen LogP contribution in [0, 0.1) is 29.4 Å². The van der Waals surface area contributed by atoms with Gasteiger partial charge in [0.1, 0.15) is 5.75 Å². The average Bonchev–Trinajstić information content (AvgIpc) is 2.86. The lowest BCUT2D eigenvalue weighted by molar-refractivity contribution is 0.0728. The molecule has 2 saturated carbocycles. The SMILES string of the molecule is C/C=C/CCc1ccc(OC(=O)c2ccc(C3CCC4CC(/C=C/C)CCC4C3)c(F)c2F)cc1. The molecule has 4 heteroatoms. The zero-order valence-electron chi connectivity index (χ0n) is 20.8. The summed E-state index contributed by atoms with van der Waals surface area (Å²) < 4.78 is 35.5. The minimum absolute atomic E-state index is 0.00388.